The number of morpholine rings is 1. The second-order valence-electron chi connectivity index (χ2n) is 6.77. The number of hydrogen-bond donors (Lipinski definition) is 0. The Labute approximate surface area is 149 Å². The highest BCUT2D eigenvalue weighted by molar-refractivity contribution is 5.93. The van der Waals surface area contributed by atoms with E-state index < -0.39 is 0 Å². The van der Waals surface area contributed by atoms with E-state index >= 15 is 0 Å². The van der Waals surface area contributed by atoms with Crippen molar-refractivity contribution in [3.05, 3.63) is 59.7 Å². The minimum Gasteiger partial charge on any atom is -0.366 e. The van der Waals surface area contributed by atoms with E-state index in [2.05, 4.69) is 35.9 Å². The van der Waals surface area contributed by atoms with E-state index in [1.54, 1.807) is 12.4 Å². The summed E-state index contributed by atoms with van der Waals surface area (Å²) < 4.78 is 6.26. The second kappa shape index (κ2) is 7.74. The van der Waals surface area contributed by atoms with Crippen molar-refractivity contribution in [2.75, 3.05) is 13.1 Å². The predicted octanol–water partition coefficient (Wildman–Crippen LogP) is 3.28. The van der Waals surface area contributed by atoms with Crippen LogP contribution in [0.3, 0.4) is 0 Å². The predicted molar refractivity (Wildman–Crippen MR) is 96.2 cm³/mol. The van der Waals surface area contributed by atoms with Crippen LogP contribution < -0.4 is 0 Å². The first-order valence-corrected chi connectivity index (χ1v) is 8.89. The zero-order chi connectivity index (χ0) is 17.8. The number of aryl methyl sites for hydroxylation is 1. The summed E-state index contributed by atoms with van der Waals surface area (Å²) in [6, 6.07) is 10.1. The molecule has 0 aliphatic carbocycles. The van der Waals surface area contributed by atoms with Crippen LogP contribution in [0.15, 0.2) is 42.7 Å². The fourth-order valence-electron chi connectivity index (χ4n) is 3.00. The third kappa shape index (κ3) is 4.04. The monoisotopic (exact) mass is 339 g/mol. The molecule has 1 saturated heterocycles. The Morgan fingerprint density at radius 3 is 2.48 bits per heavy atom. The van der Waals surface area contributed by atoms with Crippen molar-refractivity contribution in [3.63, 3.8) is 0 Å². The second-order valence-corrected chi connectivity index (χ2v) is 6.77. The topological polar surface area (TPSA) is 55.3 Å². The summed E-state index contributed by atoms with van der Waals surface area (Å²) in [4.78, 5) is 23.3. The Balaban J connectivity index is 1.82. The van der Waals surface area contributed by atoms with E-state index in [9.17, 15) is 4.79 Å². The van der Waals surface area contributed by atoms with Gasteiger partial charge in [0.05, 0.1) is 18.2 Å². The minimum atomic E-state index is -0.109. The highest BCUT2D eigenvalue weighted by atomic mass is 16.5. The SMILES string of the molecule is CCc1ncc(C(=O)N2C[C@@H](c3ccccc3)O[C@@H](C(C)C)C2)cn1. The summed E-state index contributed by atoms with van der Waals surface area (Å²) in [6.07, 6.45) is 3.93. The van der Waals surface area contributed by atoms with Crippen LogP contribution in [0.25, 0.3) is 0 Å². The van der Waals surface area contributed by atoms with Gasteiger partial charge in [-0.25, -0.2) is 9.97 Å². The number of aromatic nitrogens is 2. The zero-order valence-electron chi connectivity index (χ0n) is 15.1. The summed E-state index contributed by atoms with van der Waals surface area (Å²) in [6.45, 7) is 7.38. The molecule has 0 spiro atoms. The molecule has 1 aliphatic rings. The fraction of sp³-hybridized carbons (Fsp3) is 0.450. The summed E-state index contributed by atoms with van der Waals surface area (Å²) >= 11 is 0. The molecule has 0 saturated carbocycles. The van der Waals surface area contributed by atoms with Gasteiger partial charge < -0.3 is 9.64 Å². The molecule has 1 aromatic carbocycles. The molecule has 2 atom stereocenters. The molecule has 132 valence electrons. The number of nitrogens with zero attached hydrogens (tertiary/aromatic N) is 3. The summed E-state index contributed by atoms with van der Waals surface area (Å²) in [5.74, 6) is 1.05. The molecule has 0 N–H and O–H groups in total. The average Bonchev–Trinajstić information content (AvgIpc) is 2.67. The molecule has 2 aromatic rings. The lowest BCUT2D eigenvalue weighted by molar-refractivity contribution is -0.0954. The molecule has 0 bridgehead atoms. The Morgan fingerprint density at radius 2 is 1.88 bits per heavy atom. The quantitative estimate of drug-likeness (QED) is 0.858. The van der Waals surface area contributed by atoms with Gasteiger partial charge in [0.1, 0.15) is 11.9 Å². The first-order valence-electron chi connectivity index (χ1n) is 8.89. The molecule has 5 heteroatoms. The molecule has 1 aliphatic heterocycles. The number of carbonyl (C=O) groups excluding carboxylic acids is 1. The molecule has 1 fully saturated rings. The van der Waals surface area contributed by atoms with Crippen molar-refractivity contribution in [2.24, 2.45) is 5.92 Å². The normalized spacial score (nSPS) is 20.7. The van der Waals surface area contributed by atoms with E-state index in [0.29, 0.717) is 24.6 Å². The van der Waals surface area contributed by atoms with Crippen LogP contribution >= 0.6 is 0 Å². The highest BCUT2D eigenvalue weighted by Crippen LogP contribution is 2.28. The first kappa shape index (κ1) is 17.5. The van der Waals surface area contributed by atoms with Crippen LogP contribution in [-0.2, 0) is 11.2 Å². The maximum atomic E-state index is 12.9. The average molecular weight is 339 g/mol. The number of hydrogen-bond acceptors (Lipinski definition) is 4. The number of benzene rings is 1. The van der Waals surface area contributed by atoms with Gasteiger partial charge in [0, 0.05) is 25.4 Å². The van der Waals surface area contributed by atoms with Crippen LogP contribution in [0.5, 0.6) is 0 Å². The molecule has 0 radical (unpaired) electrons. The van der Waals surface area contributed by atoms with Crippen LogP contribution in [0, 0.1) is 5.92 Å². The molecule has 1 amide bonds. The molecule has 3 rings (SSSR count). The maximum Gasteiger partial charge on any atom is 0.257 e. The smallest absolute Gasteiger partial charge is 0.257 e. The van der Waals surface area contributed by atoms with Gasteiger partial charge in [-0.15, -0.1) is 0 Å². The van der Waals surface area contributed by atoms with Gasteiger partial charge >= 0.3 is 0 Å². The van der Waals surface area contributed by atoms with Crippen LogP contribution in [0.1, 0.15) is 48.6 Å². The van der Waals surface area contributed by atoms with Crippen molar-refractivity contribution in [3.8, 4) is 0 Å². The van der Waals surface area contributed by atoms with E-state index in [0.717, 1.165) is 17.8 Å². The molecule has 25 heavy (non-hydrogen) atoms. The lowest BCUT2D eigenvalue weighted by Crippen LogP contribution is -2.48. The number of ether oxygens (including phenoxy) is 1. The van der Waals surface area contributed by atoms with E-state index in [1.165, 1.54) is 0 Å². The highest BCUT2D eigenvalue weighted by Gasteiger charge is 2.33. The molecular formula is C20H25N3O2. The van der Waals surface area contributed by atoms with Crippen molar-refractivity contribution < 1.29 is 9.53 Å². The zero-order valence-corrected chi connectivity index (χ0v) is 15.1. The van der Waals surface area contributed by atoms with Crippen molar-refractivity contribution in [1.29, 1.82) is 0 Å². The van der Waals surface area contributed by atoms with Gasteiger partial charge in [-0.05, 0) is 11.5 Å². The Hall–Kier alpha value is -2.27. The summed E-state index contributed by atoms with van der Waals surface area (Å²) in [7, 11) is 0. The largest absolute Gasteiger partial charge is 0.366 e. The van der Waals surface area contributed by atoms with E-state index in [-0.39, 0.29) is 18.1 Å². The number of amides is 1. The van der Waals surface area contributed by atoms with Crippen molar-refractivity contribution in [2.45, 2.75) is 39.4 Å². The van der Waals surface area contributed by atoms with E-state index in [4.69, 9.17) is 4.74 Å². The van der Waals surface area contributed by atoms with Crippen molar-refractivity contribution in [1.82, 2.24) is 14.9 Å². The third-order valence-electron chi connectivity index (χ3n) is 4.60. The fourth-order valence-corrected chi connectivity index (χ4v) is 3.00. The van der Waals surface area contributed by atoms with Gasteiger partial charge in [0.25, 0.3) is 5.91 Å². The van der Waals surface area contributed by atoms with Gasteiger partial charge in [-0.2, -0.15) is 0 Å². The number of carbonyl (C=O) groups is 1. The Kier molecular flexibility index (Phi) is 5.43. The van der Waals surface area contributed by atoms with Crippen LogP contribution in [0.2, 0.25) is 0 Å². The van der Waals surface area contributed by atoms with E-state index in [1.807, 2.05) is 30.0 Å². The van der Waals surface area contributed by atoms with Gasteiger partial charge in [0.15, 0.2) is 0 Å². The molecule has 1 aromatic heterocycles. The lowest BCUT2D eigenvalue weighted by atomic mass is 10.0. The molecule has 0 unspecified atom stereocenters. The lowest BCUT2D eigenvalue weighted by Gasteiger charge is -2.40. The number of rotatable bonds is 4. The molecule has 2 heterocycles. The first-order chi connectivity index (χ1) is 12.1. The summed E-state index contributed by atoms with van der Waals surface area (Å²) in [5.41, 5.74) is 1.64. The van der Waals surface area contributed by atoms with Gasteiger partial charge in [0.2, 0.25) is 0 Å². The molecule has 5 nitrogen and oxygen atoms in total. The molecular weight excluding hydrogens is 314 g/mol. The van der Waals surface area contributed by atoms with Gasteiger partial charge in [-0.3, -0.25) is 4.79 Å². The van der Waals surface area contributed by atoms with Crippen LogP contribution in [0.4, 0.5) is 0 Å². The van der Waals surface area contributed by atoms with Crippen LogP contribution in [-0.4, -0.2) is 40.0 Å². The Bertz CT molecular complexity index is 701. The standard InChI is InChI=1S/C20H25N3O2/c1-4-19-21-10-16(11-22-19)20(24)23-12-17(14(2)3)25-18(13-23)15-8-6-5-7-9-15/h5-11,14,17-18H,4,12-13H2,1-3H3/t17-,18+/m1/s1. The summed E-state index contributed by atoms with van der Waals surface area (Å²) in [5, 5.41) is 0. The third-order valence-corrected chi connectivity index (χ3v) is 4.60. The minimum absolute atomic E-state index is 0.0127. The van der Waals surface area contributed by atoms with Gasteiger partial charge in [-0.1, -0.05) is 51.1 Å². The Morgan fingerprint density at radius 1 is 1.20 bits per heavy atom. The maximum absolute atomic E-state index is 12.9. The van der Waals surface area contributed by atoms with Crippen molar-refractivity contribution >= 4 is 5.91 Å².